The lowest BCUT2D eigenvalue weighted by atomic mass is 9.80. The number of esters is 2. The minimum absolute atomic E-state index is 0.123. The van der Waals surface area contributed by atoms with Gasteiger partial charge in [-0.15, -0.1) is 0 Å². The van der Waals surface area contributed by atoms with Crippen molar-refractivity contribution in [3.05, 3.63) is 92.6 Å². The summed E-state index contributed by atoms with van der Waals surface area (Å²) in [5, 5.41) is 17.9. The normalized spacial score (nSPS) is 15.5. The van der Waals surface area contributed by atoms with Gasteiger partial charge in [0.2, 0.25) is 0 Å². The number of allylic oxidation sites excluding steroid dienone is 1. The van der Waals surface area contributed by atoms with Gasteiger partial charge < -0.3 is 20.1 Å². The van der Waals surface area contributed by atoms with Crippen LogP contribution in [0.1, 0.15) is 37.8 Å². The molecule has 0 spiro atoms. The third kappa shape index (κ3) is 6.10. The molecule has 1 aliphatic rings. The van der Waals surface area contributed by atoms with Crippen LogP contribution in [0.3, 0.4) is 0 Å². The predicted octanol–water partition coefficient (Wildman–Crippen LogP) is 3.12. The Morgan fingerprint density at radius 2 is 1.80 bits per heavy atom. The third-order valence-corrected chi connectivity index (χ3v) is 5.40. The molecule has 2 heterocycles. The van der Waals surface area contributed by atoms with Crippen molar-refractivity contribution in [1.29, 1.82) is 0 Å². The molecule has 0 saturated carbocycles. The lowest BCUT2D eigenvalue weighted by Crippen LogP contribution is -2.37. The van der Waals surface area contributed by atoms with Gasteiger partial charge in [0, 0.05) is 49.0 Å². The zero-order valence-electron chi connectivity index (χ0n) is 19.9. The van der Waals surface area contributed by atoms with Crippen molar-refractivity contribution in [1.82, 2.24) is 15.6 Å². The zero-order chi connectivity index (χ0) is 25.4. The number of hydrogen-bond acceptors (Lipinski definition) is 9. The maximum atomic E-state index is 13.2. The second-order valence-corrected chi connectivity index (χ2v) is 7.75. The van der Waals surface area contributed by atoms with Crippen LogP contribution in [0.4, 0.5) is 5.69 Å². The molecule has 0 amide bonds. The highest BCUT2D eigenvalue weighted by molar-refractivity contribution is 6.00. The number of benzene rings is 1. The van der Waals surface area contributed by atoms with Crippen LogP contribution >= 0.6 is 0 Å². The molecule has 3 rings (SSSR count). The quantitative estimate of drug-likeness (QED) is 0.299. The predicted molar refractivity (Wildman–Crippen MR) is 128 cm³/mol. The fraction of sp³-hybridized carbons (Fsp3) is 0.320. The highest BCUT2D eigenvalue weighted by Crippen LogP contribution is 2.40. The molecule has 184 valence electrons. The van der Waals surface area contributed by atoms with E-state index in [4.69, 9.17) is 9.47 Å². The van der Waals surface area contributed by atoms with Gasteiger partial charge in [-0.25, -0.2) is 9.59 Å². The summed E-state index contributed by atoms with van der Waals surface area (Å²) < 4.78 is 10.6. The zero-order valence-corrected chi connectivity index (χ0v) is 19.9. The number of pyridine rings is 1. The molecule has 0 fully saturated rings. The first-order valence-corrected chi connectivity index (χ1v) is 11.3. The van der Waals surface area contributed by atoms with E-state index >= 15 is 0 Å². The van der Waals surface area contributed by atoms with Gasteiger partial charge in [0.1, 0.15) is 0 Å². The summed E-state index contributed by atoms with van der Waals surface area (Å²) in [6, 6.07) is 9.64. The van der Waals surface area contributed by atoms with E-state index in [1.807, 2.05) is 12.1 Å². The Labute approximate surface area is 203 Å². The molecular weight excluding hydrogens is 452 g/mol. The van der Waals surface area contributed by atoms with Crippen molar-refractivity contribution in [3.8, 4) is 0 Å². The molecule has 1 aromatic carbocycles. The van der Waals surface area contributed by atoms with Gasteiger partial charge >= 0.3 is 11.9 Å². The number of rotatable bonds is 10. The average Bonchev–Trinajstić information content (AvgIpc) is 2.84. The minimum atomic E-state index is -0.913. The SMILES string of the molecule is CCOC(=O)C1=C(C)NC(CNCc2cccnc2)=C(C(=O)OCC)C1c1cccc([N+](=O)[O-])c1. The summed E-state index contributed by atoms with van der Waals surface area (Å²) in [5.41, 5.74) is 2.61. The molecular formula is C25H28N4O6. The Bertz CT molecular complexity index is 1160. The molecule has 0 radical (unpaired) electrons. The Balaban J connectivity index is 2.09. The fourth-order valence-corrected chi connectivity index (χ4v) is 3.95. The van der Waals surface area contributed by atoms with Crippen LogP contribution in [-0.2, 0) is 25.6 Å². The maximum absolute atomic E-state index is 13.2. The van der Waals surface area contributed by atoms with Crippen LogP contribution in [0.15, 0.2) is 71.3 Å². The first-order chi connectivity index (χ1) is 16.9. The minimum Gasteiger partial charge on any atom is -0.463 e. The number of nitrogens with one attached hydrogen (secondary N) is 2. The van der Waals surface area contributed by atoms with Crippen LogP contribution in [0.2, 0.25) is 0 Å². The van der Waals surface area contributed by atoms with E-state index in [9.17, 15) is 19.7 Å². The van der Waals surface area contributed by atoms with Gasteiger partial charge in [-0.3, -0.25) is 15.1 Å². The largest absolute Gasteiger partial charge is 0.463 e. The Morgan fingerprint density at radius 3 is 2.43 bits per heavy atom. The van der Waals surface area contributed by atoms with E-state index in [1.54, 1.807) is 39.2 Å². The van der Waals surface area contributed by atoms with Crippen LogP contribution in [0.25, 0.3) is 0 Å². The van der Waals surface area contributed by atoms with Gasteiger partial charge in [0.05, 0.1) is 35.2 Å². The molecule has 0 aliphatic carbocycles. The van der Waals surface area contributed by atoms with Crippen LogP contribution in [0.5, 0.6) is 0 Å². The molecule has 1 atom stereocenters. The standard InChI is InChI=1S/C25H28N4O6/c1-4-34-24(30)21-16(3)28-20(15-27-14-17-8-7-11-26-13-17)23(25(31)35-5-2)22(21)18-9-6-10-19(12-18)29(32)33/h6-13,22,27-28H,4-5,14-15H2,1-3H3. The number of non-ortho nitro benzene ring substituents is 1. The van der Waals surface area contributed by atoms with Crippen molar-refractivity contribution >= 4 is 17.6 Å². The Kier molecular flexibility index (Phi) is 8.69. The second-order valence-electron chi connectivity index (χ2n) is 7.75. The third-order valence-electron chi connectivity index (χ3n) is 5.40. The van der Waals surface area contributed by atoms with Crippen molar-refractivity contribution < 1.29 is 24.0 Å². The smallest absolute Gasteiger partial charge is 0.336 e. The molecule has 35 heavy (non-hydrogen) atoms. The van der Waals surface area contributed by atoms with Crippen molar-refractivity contribution in [2.75, 3.05) is 19.8 Å². The molecule has 0 saturated heterocycles. The average molecular weight is 481 g/mol. The lowest BCUT2D eigenvalue weighted by molar-refractivity contribution is -0.384. The van der Waals surface area contributed by atoms with E-state index in [0.29, 0.717) is 23.5 Å². The molecule has 1 aliphatic heterocycles. The summed E-state index contributed by atoms with van der Waals surface area (Å²) in [7, 11) is 0. The van der Waals surface area contributed by atoms with Gasteiger partial charge in [-0.05, 0) is 38.0 Å². The first-order valence-electron chi connectivity index (χ1n) is 11.3. The number of dihydropyridines is 1. The number of nitrogens with zero attached hydrogens (tertiary/aromatic N) is 2. The molecule has 2 N–H and O–H groups in total. The van der Waals surface area contributed by atoms with Crippen molar-refractivity contribution in [3.63, 3.8) is 0 Å². The van der Waals surface area contributed by atoms with Crippen molar-refractivity contribution in [2.24, 2.45) is 0 Å². The number of aromatic nitrogens is 1. The molecule has 0 bridgehead atoms. The van der Waals surface area contributed by atoms with Crippen LogP contribution < -0.4 is 10.6 Å². The molecule has 2 aromatic rings. The molecule has 1 aromatic heterocycles. The van der Waals surface area contributed by atoms with Crippen LogP contribution in [-0.4, -0.2) is 41.6 Å². The number of carbonyl (C=O) groups is 2. The number of nitro benzene ring substituents is 1. The van der Waals surface area contributed by atoms with E-state index in [-0.39, 0.29) is 36.6 Å². The van der Waals surface area contributed by atoms with E-state index in [0.717, 1.165) is 5.56 Å². The molecule has 1 unspecified atom stereocenters. The maximum Gasteiger partial charge on any atom is 0.336 e. The van der Waals surface area contributed by atoms with Crippen LogP contribution in [0, 0.1) is 10.1 Å². The summed E-state index contributed by atoms with van der Waals surface area (Å²) in [4.78, 5) is 41.2. The summed E-state index contributed by atoms with van der Waals surface area (Å²) in [6.07, 6.45) is 3.42. The summed E-state index contributed by atoms with van der Waals surface area (Å²) in [5.74, 6) is -2.15. The van der Waals surface area contributed by atoms with Gasteiger partial charge in [0.25, 0.3) is 5.69 Å². The van der Waals surface area contributed by atoms with Gasteiger partial charge in [0.15, 0.2) is 0 Å². The molecule has 10 heteroatoms. The second kappa shape index (κ2) is 11.9. The number of carbonyl (C=O) groups excluding carboxylic acids is 2. The summed E-state index contributed by atoms with van der Waals surface area (Å²) >= 11 is 0. The van der Waals surface area contributed by atoms with Gasteiger partial charge in [-0.2, -0.15) is 0 Å². The van der Waals surface area contributed by atoms with E-state index in [1.165, 1.54) is 18.2 Å². The number of nitro groups is 1. The summed E-state index contributed by atoms with van der Waals surface area (Å²) in [6.45, 7) is 6.08. The topological polar surface area (TPSA) is 133 Å². The highest BCUT2D eigenvalue weighted by atomic mass is 16.6. The Hall–Kier alpha value is -4.05. The lowest BCUT2D eigenvalue weighted by Gasteiger charge is -2.31. The monoisotopic (exact) mass is 480 g/mol. The highest BCUT2D eigenvalue weighted by Gasteiger charge is 2.39. The van der Waals surface area contributed by atoms with Gasteiger partial charge in [-0.1, -0.05) is 18.2 Å². The molecule has 10 nitrogen and oxygen atoms in total. The fourth-order valence-electron chi connectivity index (χ4n) is 3.95. The number of ether oxygens (including phenoxy) is 2. The Morgan fingerprint density at radius 1 is 1.09 bits per heavy atom. The number of hydrogen-bond donors (Lipinski definition) is 2. The first kappa shape index (κ1) is 25.6. The van der Waals surface area contributed by atoms with E-state index in [2.05, 4.69) is 15.6 Å². The van der Waals surface area contributed by atoms with E-state index < -0.39 is 22.8 Å². The van der Waals surface area contributed by atoms with Crippen molar-refractivity contribution in [2.45, 2.75) is 33.2 Å².